The van der Waals surface area contributed by atoms with Gasteiger partial charge in [-0.05, 0) is 75.5 Å². The average Bonchev–Trinajstić information content (AvgIpc) is 3.16. The molecule has 0 bridgehead atoms. The second kappa shape index (κ2) is 14.4. The number of halogens is 1. The van der Waals surface area contributed by atoms with Crippen LogP contribution in [-0.4, -0.2) is 37.1 Å². The molecule has 0 spiro atoms. The molecule has 1 aliphatic heterocycles. The number of fused-ring (bicyclic) bond motifs is 1. The number of nitrogens with zero attached hydrogens (tertiary/aromatic N) is 4. The minimum absolute atomic E-state index is 0.148. The Bertz CT molecular complexity index is 2070. The summed E-state index contributed by atoms with van der Waals surface area (Å²) in [4.78, 5) is 12.4. The van der Waals surface area contributed by atoms with Crippen molar-refractivity contribution in [1.82, 2.24) is 14.5 Å². The van der Waals surface area contributed by atoms with Crippen LogP contribution in [0.4, 0.5) is 28.8 Å². The number of rotatable bonds is 10. The summed E-state index contributed by atoms with van der Waals surface area (Å²) in [5.74, 6) is 1.48. The first kappa shape index (κ1) is 35.8. The van der Waals surface area contributed by atoms with Gasteiger partial charge in [0.25, 0.3) is 8.32 Å². The summed E-state index contributed by atoms with van der Waals surface area (Å²) in [7, 11) is -2.84. The zero-order valence-electron chi connectivity index (χ0n) is 30.6. The first-order valence-corrected chi connectivity index (χ1v) is 20.6. The minimum Gasteiger partial charge on any atom is -0.401 e. The normalized spacial score (nSPS) is 16.3. The number of quaternary nitrogens is 1. The molecular weight excluding hydrogens is 723 g/mol. The average molecular weight is 770 g/mol. The van der Waals surface area contributed by atoms with Crippen molar-refractivity contribution in [2.24, 2.45) is 0 Å². The molecule has 6 aromatic rings. The van der Waals surface area contributed by atoms with Gasteiger partial charge >= 0.3 is 0 Å². The monoisotopic (exact) mass is 768 g/mol. The Morgan fingerprint density at radius 2 is 1.27 bits per heavy atom. The molecule has 0 amide bonds. The van der Waals surface area contributed by atoms with E-state index in [4.69, 9.17) is 14.4 Å². The zero-order chi connectivity index (χ0) is 36.4. The minimum atomic E-state index is -2.84. The van der Waals surface area contributed by atoms with Crippen molar-refractivity contribution in [2.75, 3.05) is 23.5 Å². The number of hydrogen-bond acceptors (Lipinski definition) is 5. The summed E-state index contributed by atoms with van der Waals surface area (Å²) in [6.45, 7) is 13.6. The lowest BCUT2D eigenvalue weighted by Crippen LogP contribution is -2.72. The van der Waals surface area contributed by atoms with Crippen LogP contribution in [0.5, 0.6) is 0 Å². The molecule has 7 rings (SSSR count). The second-order valence-electron chi connectivity index (χ2n) is 15.3. The van der Waals surface area contributed by atoms with E-state index in [1.807, 2.05) is 36.5 Å². The molecule has 0 aliphatic carbocycles. The van der Waals surface area contributed by atoms with Crippen molar-refractivity contribution >= 4 is 63.4 Å². The maximum atomic E-state index is 7.73. The van der Waals surface area contributed by atoms with Gasteiger partial charge in [0.15, 0.2) is 12.5 Å². The van der Waals surface area contributed by atoms with Gasteiger partial charge in [0.1, 0.15) is 17.8 Å². The first-order chi connectivity index (χ1) is 25.0. The molecule has 52 heavy (non-hydrogen) atoms. The van der Waals surface area contributed by atoms with Crippen LogP contribution < -0.4 is 25.1 Å². The molecule has 2 heterocycles. The topological polar surface area (TPSA) is 50.3 Å². The van der Waals surface area contributed by atoms with Crippen LogP contribution in [0, 0.1) is 0 Å². The van der Waals surface area contributed by atoms with E-state index in [0.29, 0.717) is 30.3 Å². The van der Waals surface area contributed by atoms with Crippen molar-refractivity contribution in [1.29, 1.82) is 0 Å². The lowest BCUT2D eigenvalue weighted by molar-refractivity contribution is 0.0585. The van der Waals surface area contributed by atoms with E-state index in [0.717, 1.165) is 27.2 Å². The molecule has 0 saturated carbocycles. The first-order valence-electron chi connectivity index (χ1n) is 17.9. The highest BCUT2D eigenvalue weighted by molar-refractivity contribution is 9.10. The Balaban J connectivity index is 1.38. The molecular formula is C44H47BrN5OSi+. The van der Waals surface area contributed by atoms with E-state index < -0.39 is 13.9 Å². The van der Waals surface area contributed by atoms with E-state index >= 15 is 0 Å². The van der Waals surface area contributed by atoms with Crippen molar-refractivity contribution in [3.05, 3.63) is 162 Å². The molecule has 0 radical (unpaired) electrons. The third-order valence-electron chi connectivity index (χ3n) is 10.5. The smallest absolute Gasteiger partial charge is 0.261 e. The van der Waals surface area contributed by atoms with Crippen molar-refractivity contribution in [2.45, 2.75) is 51.7 Å². The largest absolute Gasteiger partial charge is 0.401 e. The maximum Gasteiger partial charge on any atom is 0.261 e. The standard InChI is InChI=1S/C44H47BrN5OSi/c1-43(2,3)52(37-24-14-8-15-25-37,38-26-16-9-17-27-38)51-32-44(4,5)50(40-29-19-18-28-39(40)45)31-34-30-46-42(47-35-20-10-6-11-21-35)48-41(34)49(33-50)36-22-12-7-13-23-36/h6-30H,31-33H2,1-5H3,(H,46,47,48)/q+1. The second-order valence-corrected chi connectivity index (χ2v) is 20.4. The number of para-hydroxylation sites is 3. The molecule has 1 aliphatic rings. The summed E-state index contributed by atoms with van der Waals surface area (Å²) in [5, 5.41) is 5.83. The molecule has 1 aromatic heterocycles. The Morgan fingerprint density at radius 1 is 0.731 bits per heavy atom. The number of hydrogen-bond donors (Lipinski definition) is 1. The fourth-order valence-corrected chi connectivity index (χ4v) is 13.1. The third kappa shape index (κ3) is 6.60. The number of aromatic nitrogens is 2. The van der Waals surface area contributed by atoms with Gasteiger partial charge in [-0.25, -0.2) is 4.98 Å². The quantitative estimate of drug-likeness (QED) is 0.111. The fourth-order valence-electron chi connectivity index (χ4n) is 7.78. The van der Waals surface area contributed by atoms with Crippen LogP contribution in [-0.2, 0) is 11.0 Å². The van der Waals surface area contributed by atoms with Gasteiger partial charge < -0.3 is 9.74 Å². The SMILES string of the molecule is CC(C)(CO[Si](c1ccccc1)(c1ccccc1)C(C)(C)C)[N+]1(c2ccccc2Br)Cc2cnc(Nc3ccccc3)nc2N(c2ccccc2)C1. The van der Waals surface area contributed by atoms with E-state index in [2.05, 4.69) is 176 Å². The summed E-state index contributed by atoms with van der Waals surface area (Å²) < 4.78 is 9.38. The summed E-state index contributed by atoms with van der Waals surface area (Å²) >= 11 is 4.01. The molecule has 8 heteroatoms. The lowest BCUT2D eigenvalue weighted by atomic mass is 9.95. The molecule has 1 unspecified atom stereocenters. The van der Waals surface area contributed by atoms with Gasteiger partial charge in [-0.3, -0.25) is 9.38 Å². The number of nitrogens with one attached hydrogen (secondary N) is 1. The molecule has 5 aromatic carbocycles. The molecule has 264 valence electrons. The van der Waals surface area contributed by atoms with E-state index in [-0.39, 0.29) is 5.04 Å². The van der Waals surface area contributed by atoms with Gasteiger partial charge in [0.2, 0.25) is 5.95 Å². The highest BCUT2D eigenvalue weighted by Crippen LogP contribution is 2.47. The zero-order valence-corrected chi connectivity index (χ0v) is 33.2. The van der Waals surface area contributed by atoms with Crippen molar-refractivity contribution in [3.8, 4) is 0 Å². The van der Waals surface area contributed by atoms with Crippen LogP contribution in [0.3, 0.4) is 0 Å². The van der Waals surface area contributed by atoms with Crippen molar-refractivity contribution < 1.29 is 4.43 Å². The maximum absolute atomic E-state index is 7.73. The molecule has 6 nitrogen and oxygen atoms in total. The number of benzene rings is 5. The summed E-state index contributed by atoms with van der Waals surface area (Å²) in [5.41, 5.74) is 3.86. The highest BCUT2D eigenvalue weighted by atomic mass is 79.9. The Kier molecular flexibility index (Phi) is 9.93. The van der Waals surface area contributed by atoms with Gasteiger partial charge in [-0.2, -0.15) is 4.98 Å². The third-order valence-corrected chi connectivity index (χ3v) is 16.2. The predicted molar refractivity (Wildman–Crippen MR) is 222 cm³/mol. The Labute approximate surface area is 318 Å². The molecule has 1 atom stereocenters. The molecule has 0 fully saturated rings. The lowest BCUT2D eigenvalue weighted by Gasteiger charge is -2.55. The van der Waals surface area contributed by atoms with Gasteiger partial charge in [0.05, 0.1) is 16.6 Å². The van der Waals surface area contributed by atoms with Crippen LogP contribution in [0.2, 0.25) is 5.04 Å². The Hall–Kier alpha value is -4.60. The van der Waals surface area contributed by atoms with Gasteiger partial charge in [0, 0.05) is 23.6 Å². The van der Waals surface area contributed by atoms with Crippen LogP contribution in [0.15, 0.2) is 156 Å². The van der Waals surface area contributed by atoms with E-state index in [1.54, 1.807) is 0 Å². The fraction of sp³-hybridized carbons (Fsp3) is 0.227. The molecule has 0 saturated heterocycles. The van der Waals surface area contributed by atoms with Crippen LogP contribution in [0.1, 0.15) is 40.2 Å². The van der Waals surface area contributed by atoms with E-state index in [9.17, 15) is 0 Å². The van der Waals surface area contributed by atoms with Gasteiger partial charge in [-0.15, -0.1) is 0 Å². The number of anilines is 4. The summed E-state index contributed by atoms with van der Waals surface area (Å²) in [6.07, 6.45) is 2.01. The highest BCUT2D eigenvalue weighted by Gasteiger charge is 2.56. The predicted octanol–water partition coefficient (Wildman–Crippen LogP) is 9.95. The molecule has 1 N–H and O–H groups in total. The summed E-state index contributed by atoms with van der Waals surface area (Å²) in [6, 6.07) is 51.2. The Morgan fingerprint density at radius 3 is 1.85 bits per heavy atom. The van der Waals surface area contributed by atoms with E-state index in [1.165, 1.54) is 16.1 Å². The van der Waals surface area contributed by atoms with Gasteiger partial charge in [-0.1, -0.05) is 130 Å². The van der Waals surface area contributed by atoms with Crippen LogP contribution >= 0.6 is 15.9 Å². The van der Waals surface area contributed by atoms with Crippen molar-refractivity contribution in [3.63, 3.8) is 0 Å². The van der Waals surface area contributed by atoms with Crippen LogP contribution in [0.25, 0.3) is 0 Å².